The van der Waals surface area contributed by atoms with Gasteiger partial charge in [0.05, 0.1) is 5.16 Å². The van der Waals surface area contributed by atoms with Crippen LogP contribution in [0.25, 0.3) is 0 Å². The molecule has 1 rings (SSSR count). The minimum Gasteiger partial charge on any atom is -0.302 e. The fraction of sp³-hybridized carbons (Fsp3) is 0.375. The normalized spacial score (nSPS) is 9.64. The first-order valence-corrected chi connectivity index (χ1v) is 5.26. The van der Waals surface area contributed by atoms with E-state index < -0.39 is 0 Å². The van der Waals surface area contributed by atoms with Gasteiger partial charge in [0.1, 0.15) is 0 Å². The summed E-state index contributed by atoms with van der Waals surface area (Å²) in [6, 6.07) is 0. The van der Waals surface area contributed by atoms with Crippen molar-refractivity contribution in [2.24, 2.45) is 10.9 Å². The number of nitrogens with zero attached hydrogens (tertiary/aromatic N) is 2. The molecule has 1 N–H and O–H groups in total. The Kier molecular flexibility index (Phi) is 3.88. The molecule has 0 bridgehead atoms. The Hall–Kier alpha value is -1.10. The number of hydrogen-bond donors (Lipinski definition) is 1. The largest absolute Gasteiger partial charge is 0.302 e. The first kappa shape index (κ1) is 11.0. The van der Waals surface area contributed by atoms with Crippen molar-refractivity contribution in [3.8, 4) is 0 Å². The maximum absolute atomic E-state index is 11.3. The second kappa shape index (κ2) is 4.95. The molecule has 0 radical (unpaired) electrons. The summed E-state index contributed by atoms with van der Waals surface area (Å²) in [4.78, 5) is 19.0. The van der Waals surface area contributed by atoms with Crippen LogP contribution in [-0.4, -0.2) is 16.1 Å². The number of amides is 1. The van der Waals surface area contributed by atoms with Crippen molar-refractivity contribution in [2.75, 3.05) is 5.32 Å². The molecule has 0 aliphatic heterocycles. The Morgan fingerprint density at radius 2 is 2.50 bits per heavy atom. The number of aromatic nitrogens is 1. The number of carbonyl (C=O) groups is 1. The van der Waals surface area contributed by atoms with Crippen molar-refractivity contribution in [1.29, 1.82) is 0 Å². The van der Waals surface area contributed by atoms with E-state index in [0.29, 0.717) is 10.9 Å². The van der Waals surface area contributed by atoms with E-state index in [-0.39, 0.29) is 11.8 Å². The van der Waals surface area contributed by atoms with Crippen molar-refractivity contribution in [2.45, 2.75) is 13.8 Å². The number of aliphatic imine (C=N–C) groups is 1. The molecule has 0 unspecified atom stereocenters. The van der Waals surface area contributed by atoms with Gasteiger partial charge in [-0.25, -0.2) is 0 Å². The molecular weight excluding hydrogens is 218 g/mol. The van der Waals surface area contributed by atoms with Crippen LogP contribution in [0.4, 0.5) is 10.9 Å². The fourth-order valence-corrected chi connectivity index (χ4v) is 1.39. The zero-order chi connectivity index (χ0) is 10.6. The summed E-state index contributed by atoms with van der Waals surface area (Å²) in [6.07, 6.45) is 0. The van der Waals surface area contributed by atoms with Crippen molar-refractivity contribution in [1.82, 2.24) is 4.98 Å². The summed E-state index contributed by atoms with van der Waals surface area (Å²) in [5.74, 6) is 0.359. The summed E-state index contributed by atoms with van der Waals surface area (Å²) in [6.45, 7) is 3.64. The van der Waals surface area contributed by atoms with Crippen LogP contribution in [0.15, 0.2) is 10.4 Å². The van der Waals surface area contributed by atoms with Crippen molar-refractivity contribution in [3.05, 3.63) is 5.38 Å². The average molecular weight is 227 g/mol. The quantitative estimate of drug-likeness (QED) is 0.637. The van der Waals surface area contributed by atoms with Gasteiger partial charge in [0.25, 0.3) is 0 Å². The van der Waals surface area contributed by atoms with Crippen LogP contribution in [0.1, 0.15) is 13.8 Å². The van der Waals surface area contributed by atoms with Gasteiger partial charge in [0, 0.05) is 11.3 Å². The van der Waals surface area contributed by atoms with E-state index in [2.05, 4.69) is 32.7 Å². The number of carbonyl (C=O) groups excluding carboxylic acids is 1. The second-order valence-corrected chi connectivity index (χ2v) is 3.90. The topological polar surface area (TPSA) is 54.4 Å². The number of rotatable bonds is 3. The maximum Gasteiger partial charge on any atom is 0.228 e. The molecule has 0 aliphatic rings. The summed E-state index contributed by atoms with van der Waals surface area (Å²) in [5.41, 5.74) is 0. The predicted octanol–water partition coefficient (Wildman–Crippen LogP) is 2.47. The zero-order valence-corrected chi connectivity index (χ0v) is 9.41. The van der Waals surface area contributed by atoms with Crippen LogP contribution in [0.3, 0.4) is 0 Å². The maximum atomic E-state index is 11.3. The Labute approximate surface area is 91.1 Å². The number of nitrogens with one attached hydrogen (secondary N) is 1. The van der Waals surface area contributed by atoms with Crippen LogP contribution in [-0.2, 0) is 4.79 Å². The molecule has 0 spiro atoms. The molecule has 0 aliphatic carbocycles. The third-order valence-electron chi connectivity index (χ3n) is 1.41. The lowest BCUT2D eigenvalue weighted by molar-refractivity contribution is -0.118. The Balaban J connectivity index is 2.68. The molecule has 1 amide bonds. The van der Waals surface area contributed by atoms with E-state index in [0.717, 1.165) is 0 Å². The molecule has 0 fully saturated rings. The van der Waals surface area contributed by atoms with E-state index in [1.807, 2.05) is 13.8 Å². The van der Waals surface area contributed by atoms with E-state index in [4.69, 9.17) is 0 Å². The number of thiazole rings is 1. The van der Waals surface area contributed by atoms with Gasteiger partial charge < -0.3 is 5.32 Å². The van der Waals surface area contributed by atoms with E-state index in [1.165, 1.54) is 11.3 Å². The highest BCUT2D eigenvalue weighted by molar-refractivity contribution is 7.78. The van der Waals surface area contributed by atoms with Gasteiger partial charge in [-0.05, 0) is 12.2 Å². The van der Waals surface area contributed by atoms with Gasteiger partial charge in [-0.3, -0.25) is 4.79 Å². The number of thiocarbonyl (C=S) groups is 1. The minimum atomic E-state index is -0.0589. The molecule has 6 heteroatoms. The number of isothiocyanates is 1. The lowest BCUT2D eigenvalue weighted by atomic mass is 10.2. The van der Waals surface area contributed by atoms with E-state index >= 15 is 0 Å². The standard InChI is InChI=1S/C8H9N3OS2/c1-5(2)7(12)11-8-10-6(3-14-8)9-4-13/h3,5H,1-2H3,(H,10,11,12). The van der Waals surface area contributed by atoms with Crippen LogP contribution in [0, 0.1) is 5.92 Å². The molecule has 1 aromatic rings. The van der Waals surface area contributed by atoms with Crippen LogP contribution in [0.2, 0.25) is 0 Å². The van der Waals surface area contributed by atoms with E-state index in [1.54, 1.807) is 5.38 Å². The molecule has 0 atom stereocenters. The summed E-state index contributed by atoms with van der Waals surface area (Å²) in [7, 11) is 0. The van der Waals surface area contributed by atoms with Crippen LogP contribution >= 0.6 is 23.6 Å². The highest BCUT2D eigenvalue weighted by atomic mass is 32.1. The molecule has 1 aromatic heterocycles. The number of anilines is 1. The lowest BCUT2D eigenvalue weighted by Gasteiger charge is -2.02. The van der Waals surface area contributed by atoms with Crippen molar-refractivity contribution < 1.29 is 4.79 Å². The highest BCUT2D eigenvalue weighted by Gasteiger charge is 2.09. The van der Waals surface area contributed by atoms with Crippen molar-refractivity contribution in [3.63, 3.8) is 0 Å². The van der Waals surface area contributed by atoms with Gasteiger partial charge >= 0.3 is 0 Å². The predicted molar refractivity (Wildman–Crippen MR) is 60.3 cm³/mol. The van der Waals surface area contributed by atoms with Crippen molar-refractivity contribution >= 4 is 45.6 Å². The van der Waals surface area contributed by atoms with Gasteiger partial charge in [0.2, 0.25) is 5.91 Å². The fourth-order valence-electron chi connectivity index (χ4n) is 0.671. The van der Waals surface area contributed by atoms with E-state index in [9.17, 15) is 4.79 Å². The molecule has 1 heterocycles. The molecule has 0 aromatic carbocycles. The number of hydrogen-bond acceptors (Lipinski definition) is 5. The van der Waals surface area contributed by atoms with Gasteiger partial charge in [-0.2, -0.15) is 9.98 Å². The summed E-state index contributed by atoms with van der Waals surface area (Å²) >= 11 is 5.75. The summed E-state index contributed by atoms with van der Waals surface area (Å²) in [5, 5.41) is 7.12. The first-order chi connectivity index (χ1) is 6.63. The molecule has 14 heavy (non-hydrogen) atoms. The Bertz CT molecular complexity index is 380. The van der Waals surface area contributed by atoms with Gasteiger partial charge in [-0.15, -0.1) is 11.3 Å². The monoisotopic (exact) mass is 227 g/mol. The SMILES string of the molecule is CC(C)C(=O)Nc1nc(N=C=S)cs1. The van der Waals surface area contributed by atoms with Crippen LogP contribution < -0.4 is 5.32 Å². The molecule has 0 saturated carbocycles. The zero-order valence-electron chi connectivity index (χ0n) is 7.77. The summed E-state index contributed by atoms with van der Waals surface area (Å²) < 4.78 is 0. The second-order valence-electron chi connectivity index (χ2n) is 2.86. The smallest absolute Gasteiger partial charge is 0.228 e. The molecule has 74 valence electrons. The van der Waals surface area contributed by atoms with Gasteiger partial charge in [0.15, 0.2) is 10.9 Å². The highest BCUT2D eigenvalue weighted by Crippen LogP contribution is 2.21. The third kappa shape index (κ3) is 2.99. The lowest BCUT2D eigenvalue weighted by Crippen LogP contribution is -2.17. The molecule has 4 nitrogen and oxygen atoms in total. The third-order valence-corrected chi connectivity index (χ3v) is 2.24. The minimum absolute atomic E-state index is 0.0581. The Morgan fingerprint density at radius 3 is 3.07 bits per heavy atom. The Morgan fingerprint density at radius 1 is 1.79 bits per heavy atom. The average Bonchev–Trinajstić information content (AvgIpc) is 2.53. The van der Waals surface area contributed by atoms with Gasteiger partial charge in [-0.1, -0.05) is 13.8 Å². The van der Waals surface area contributed by atoms with Crippen LogP contribution in [0.5, 0.6) is 0 Å². The molecule has 0 saturated heterocycles. The molecular formula is C8H9N3OS2. The first-order valence-electron chi connectivity index (χ1n) is 3.97.